The van der Waals surface area contributed by atoms with Crippen LogP contribution in [0.4, 0.5) is 8.78 Å². The lowest BCUT2D eigenvalue weighted by Crippen LogP contribution is -2.56. The molecule has 10 heteroatoms. The van der Waals surface area contributed by atoms with E-state index in [0.717, 1.165) is 13.1 Å². The van der Waals surface area contributed by atoms with Crippen LogP contribution in [0.3, 0.4) is 0 Å². The van der Waals surface area contributed by atoms with Crippen LogP contribution in [0.25, 0.3) is 0 Å². The summed E-state index contributed by atoms with van der Waals surface area (Å²) in [4.78, 5) is 7.12. The van der Waals surface area contributed by atoms with Gasteiger partial charge in [-0.2, -0.15) is 8.78 Å². The Hall–Kier alpha value is -1.24. The summed E-state index contributed by atoms with van der Waals surface area (Å²) in [5.74, 6) is 0.671. The average molecular weight is 570 g/mol. The lowest BCUT2D eigenvalue weighted by atomic mass is 10.0. The number of nitrogens with one attached hydrogen (secondary N) is 2. The SMILES string of the molecule is CCNC(=NCC(C)(C)N1CC(C)OC(C)C1)NCC(O)c1ccc(OC(F)F)cc1.I. The molecule has 32 heavy (non-hydrogen) atoms. The smallest absolute Gasteiger partial charge is 0.387 e. The minimum Gasteiger partial charge on any atom is -0.435 e. The van der Waals surface area contributed by atoms with Gasteiger partial charge in [0.15, 0.2) is 5.96 Å². The van der Waals surface area contributed by atoms with Crippen LogP contribution in [0.15, 0.2) is 29.3 Å². The van der Waals surface area contributed by atoms with Crippen molar-refractivity contribution in [2.45, 2.75) is 65.1 Å². The van der Waals surface area contributed by atoms with Gasteiger partial charge in [-0.15, -0.1) is 24.0 Å². The molecule has 0 aromatic heterocycles. The van der Waals surface area contributed by atoms with Crippen LogP contribution in [0.2, 0.25) is 0 Å². The summed E-state index contributed by atoms with van der Waals surface area (Å²) >= 11 is 0. The summed E-state index contributed by atoms with van der Waals surface area (Å²) in [6.45, 7) is 10.8. The van der Waals surface area contributed by atoms with Gasteiger partial charge in [-0.1, -0.05) is 12.1 Å². The quantitative estimate of drug-likeness (QED) is 0.240. The van der Waals surface area contributed by atoms with Gasteiger partial charge in [0.1, 0.15) is 5.75 Å². The first-order chi connectivity index (χ1) is 14.6. The van der Waals surface area contributed by atoms with E-state index in [1.165, 1.54) is 12.1 Å². The second kappa shape index (κ2) is 13.5. The van der Waals surface area contributed by atoms with E-state index < -0.39 is 12.7 Å². The number of benzene rings is 1. The van der Waals surface area contributed by atoms with E-state index in [2.05, 4.69) is 48.0 Å². The molecule has 3 atom stereocenters. The summed E-state index contributed by atoms with van der Waals surface area (Å²) < 4.78 is 34.7. The molecule has 1 saturated heterocycles. The van der Waals surface area contributed by atoms with Gasteiger partial charge in [-0.05, 0) is 52.3 Å². The molecule has 1 aliphatic heterocycles. The fourth-order valence-corrected chi connectivity index (χ4v) is 3.57. The largest absolute Gasteiger partial charge is 0.435 e. The Labute approximate surface area is 207 Å². The van der Waals surface area contributed by atoms with Gasteiger partial charge < -0.3 is 25.2 Å². The number of rotatable bonds is 9. The summed E-state index contributed by atoms with van der Waals surface area (Å²) in [6, 6.07) is 5.96. The molecule has 184 valence electrons. The van der Waals surface area contributed by atoms with Crippen molar-refractivity contribution >= 4 is 29.9 Å². The van der Waals surface area contributed by atoms with Crippen molar-refractivity contribution < 1.29 is 23.4 Å². The number of aliphatic imine (C=N–C) groups is 1. The van der Waals surface area contributed by atoms with Crippen molar-refractivity contribution in [1.29, 1.82) is 0 Å². The van der Waals surface area contributed by atoms with Crippen molar-refractivity contribution in [3.63, 3.8) is 0 Å². The number of halogens is 3. The highest BCUT2D eigenvalue weighted by atomic mass is 127. The maximum atomic E-state index is 12.3. The van der Waals surface area contributed by atoms with Gasteiger partial charge in [0.2, 0.25) is 0 Å². The van der Waals surface area contributed by atoms with Crippen LogP contribution < -0.4 is 15.4 Å². The number of morpholine rings is 1. The Morgan fingerprint density at radius 1 is 1.22 bits per heavy atom. The summed E-state index contributed by atoms with van der Waals surface area (Å²) in [5.41, 5.74) is 0.454. The van der Waals surface area contributed by atoms with Crippen molar-refractivity contribution in [3.05, 3.63) is 29.8 Å². The molecule has 0 spiro atoms. The van der Waals surface area contributed by atoms with Gasteiger partial charge in [-0.25, -0.2) is 0 Å². The van der Waals surface area contributed by atoms with Crippen LogP contribution >= 0.6 is 24.0 Å². The van der Waals surface area contributed by atoms with Gasteiger partial charge >= 0.3 is 6.61 Å². The molecule has 3 unspecified atom stereocenters. The van der Waals surface area contributed by atoms with E-state index in [1.54, 1.807) is 12.1 Å². The minimum atomic E-state index is -2.87. The monoisotopic (exact) mass is 570 g/mol. The molecule has 3 N–H and O–H groups in total. The number of aliphatic hydroxyl groups is 1. The summed E-state index contributed by atoms with van der Waals surface area (Å²) in [5, 5.41) is 16.8. The van der Waals surface area contributed by atoms with E-state index in [1.807, 2.05) is 6.92 Å². The molecule has 2 rings (SSSR count). The molecule has 7 nitrogen and oxygen atoms in total. The Balaban J connectivity index is 0.00000512. The second-order valence-corrected chi connectivity index (χ2v) is 8.51. The van der Waals surface area contributed by atoms with E-state index in [0.29, 0.717) is 24.6 Å². The number of nitrogens with zero attached hydrogens (tertiary/aromatic N) is 2. The Morgan fingerprint density at radius 3 is 2.34 bits per heavy atom. The molecule has 1 aromatic carbocycles. The number of alkyl halides is 2. The number of ether oxygens (including phenoxy) is 2. The van der Waals surface area contributed by atoms with Crippen LogP contribution in [0.5, 0.6) is 5.75 Å². The second-order valence-electron chi connectivity index (χ2n) is 8.51. The van der Waals surface area contributed by atoms with Crippen LogP contribution in [0, 0.1) is 0 Å². The van der Waals surface area contributed by atoms with E-state index in [9.17, 15) is 13.9 Å². The molecule has 1 heterocycles. The van der Waals surface area contributed by atoms with E-state index in [4.69, 9.17) is 9.73 Å². The Bertz CT molecular complexity index is 697. The molecule has 0 bridgehead atoms. The maximum Gasteiger partial charge on any atom is 0.387 e. The van der Waals surface area contributed by atoms with Crippen LogP contribution in [-0.2, 0) is 4.74 Å². The summed E-state index contributed by atoms with van der Waals surface area (Å²) in [7, 11) is 0. The number of aliphatic hydroxyl groups excluding tert-OH is 1. The van der Waals surface area contributed by atoms with Gasteiger partial charge in [0.05, 0.1) is 24.9 Å². The number of guanidine groups is 1. The normalized spacial score (nSPS) is 21.1. The van der Waals surface area contributed by atoms with E-state index in [-0.39, 0.29) is 54.0 Å². The number of hydrogen-bond donors (Lipinski definition) is 3. The first-order valence-corrected chi connectivity index (χ1v) is 10.8. The molecule has 1 fully saturated rings. The van der Waals surface area contributed by atoms with Gasteiger partial charge in [0.25, 0.3) is 0 Å². The fraction of sp³-hybridized carbons (Fsp3) is 0.682. The molecule has 0 saturated carbocycles. The zero-order valence-electron chi connectivity index (χ0n) is 19.5. The third-order valence-electron chi connectivity index (χ3n) is 5.20. The van der Waals surface area contributed by atoms with Crippen LogP contribution in [0.1, 0.15) is 46.3 Å². The predicted octanol–water partition coefficient (Wildman–Crippen LogP) is 3.38. The Kier molecular flexibility index (Phi) is 12.1. The van der Waals surface area contributed by atoms with Crippen molar-refractivity contribution in [3.8, 4) is 5.75 Å². The average Bonchev–Trinajstić information content (AvgIpc) is 2.69. The molecular weight excluding hydrogens is 533 g/mol. The third-order valence-corrected chi connectivity index (χ3v) is 5.20. The first-order valence-electron chi connectivity index (χ1n) is 10.8. The van der Waals surface area contributed by atoms with Crippen molar-refractivity contribution in [1.82, 2.24) is 15.5 Å². The molecule has 1 aromatic rings. The minimum absolute atomic E-state index is 0. The number of hydrogen-bond acceptors (Lipinski definition) is 5. The topological polar surface area (TPSA) is 78.4 Å². The fourth-order valence-electron chi connectivity index (χ4n) is 3.57. The third kappa shape index (κ3) is 9.32. The van der Waals surface area contributed by atoms with Gasteiger partial charge in [-0.3, -0.25) is 9.89 Å². The summed E-state index contributed by atoms with van der Waals surface area (Å²) in [6.07, 6.45) is -0.449. The van der Waals surface area contributed by atoms with E-state index >= 15 is 0 Å². The van der Waals surface area contributed by atoms with Gasteiger partial charge in [0, 0.05) is 31.7 Å². The Morgan fingerprint density at radius 2 is 1.81 bits per heavy atom. The highest BCUT2D eigenvalue weighted by Gasteiger charge is 2.33. The van der Waals surface area contributed by atoms with Crippen molar-refractivity contribution in [2.24, 2.45) is 4.99 Å². The maximum absolute atomic E-state index is 12.3. The highest BCUT2D eigenvalue weighted by Crippen LogP contribution is 2.22. The highest BCUT2D eigenvalue weighted by molar-refractivity contribution is 14.0. The lowest BCUT2D eigenvalue weighted by Gasteiger charge is -2.44. The predicted molar refractivity (Wildman–Crippen MR) is 133 cm³/mol. The zero-order chi connectivity index (χ0) is 23.0. The molecule has 1 aliphatic rings. The lowest BCUT2D eigenvalue weighted by molar-refractivity contribution is -0.0939. The zero-order valence-corrected chi connectivity index (χ0v) is 21.8. The van der Waals surface area contributed by atoms with Crippen molar-refractivity contribution in [2.75, 3.05) is 32.7 Å². The molecular formula is C22H37F2IN4O3. The molecule has 0 amide bonds. The molecule has 0 aliphatic carbocycles. The van der Waals surface area contributed by atoms with Crippen LogP contribution in [-0.4, -0.2) is 73.0 Å². The first kappa shape index (κ1) is 28.8. The molecule has 0 radical (unpaired) electrons. The standard InChI is InChI=1S/C22H36F2N4O3.HI/c1-6-25-21(27-14-22(4,5)28-12-15(2)30-16(3)13-28)26-11-19(29)17-7-9-18(10-8-17)31-20(23)24;/h7-10,15-16,19-20,29H,6,11-14H2,1-5H3,(H2,25,26,27);1H.